The Hall–Kier alpha value is -1.62. The van der Waals surface area contributed by atoms with E-state index >= 15 is 0 Å². The number of amides is 1. The molecule has 4 nitrogen and oxygen atoms in total. The van der Waals surface area contributed by atoms with E-state index in [-0.39, 0.29) is 11.2 Å². The maximum absolute atomic E-state index is 12.6. The third-order valence-corrected chi connectivity index (χ3v) is 5.34. The van der Waals surface area contributed by atoms with E-state index in [1.165, 1.54) is 11.8 Å². The molecule has 1 aliphatic heterocycles. The fourth-order valence-corrected chi connectivity index (χ4v) is 3.77. The summed E-state index contributed by atoms with van der Waals surface area (Å²) in [5, 5.41) is 1.78. The maximum Gasteiger partial charge on any atom is 0.235 e. The molecule has 0 aliphatic carbocycles. The summed E-state index contributed by atoms with van der Waals surface area (Å²) in [4.78, 5) is 23.2. The van der Waals surface area contributed by atoms with Crippen LogP contribution in [0.2, 0.25) is 0 Å². The van der Waals surface area contributed by atoms with Crippen LogP contribution in [0.1, 0.15) is 26.7 Å². The van der Waals surface area contributed by atoms with Gasteiger partial charge in [-0.3, -0.25) is 4.79 Å². The first-order valence-corrected chi connectivity index (χ1v) is 8.68. The van der Waals surface area contributed by atoms with Crippen molar-refractivity contribution in [3.05, 3.63) is 30.6 Å². The van der Waals surface area contributed by atoms with Crippen molar-refractivity contribution in [1.29, 1.82) is 0 Å². The maximum atomic E-state index is 12.6. The lowest BCUT2D eigenvalue weighted by atomic mass is 9.99. The summed E-state index contributed by atoms with van der Waals surface area (Å²) in [6, 6.07) is 7.93. The van der Waals surface area contributed by atoms with Gasteiger partial charge >= 0.3 is 0 Å². The molecule has 1 saturated heterocycles. The zero-order chi connectivity index (χ0) is 15.5. The van der Waals surface area contributed by atoms with Gasteiger partial charge in [-0.15, -0.1) is 0 Å². The van der Waals surface area contributed by atoms with E-state index in [0.29, 0.717) is 0 Å². The van der Waals surface area contributed by atoms with Gasteiger partial charge in [0.05, 0.1) is 10.8 Å². The number of nitrogens with zero attached hydrogens (tertiary/aromatic N) is 3. The van der Waals surface area contributed by atoms with Crippen molar-refractivity contribution in [2.24, 2.45) is 5.92 Å². The van der Waals surface area contributed by atoms with Gasteiger partial charge in [-0.2, -0.15) is 0 Å². The molecule has 0 spiro atoms. The highest BCUT2D eigenvalue weighted by atomic mass is 32.2. The molecule has 1 atom stereocenters. The number of aromatic nitrogens is 2. The Morgan fingerprint density at radius 1 is 1.27 bits per heavy atom. The minimum atomic E-state index is -0.119. The first-order valence-electron chi connectivity index (χ1n) is 7.80. The highest BCUT2D eigenvalue weighted by Gasteiger charge is 2.25. The van der Waals surface area contributed by atoms with Gasteiger partial charge in [0.1, 0.15) is 11.4 Å². The van der Waals surface area contributed by atoms with Crippen molar-refractivity contribution >= 4 is 28.6 Å². The molecule has 1 fully saturated rings. The Balaban J connectivity index is 1.73. The van der Waals surface area contributed by atoms with Crippen molar-refractivity contribution in [2.45, 2.75) is 37.0 Å². The third-order valence-electron chi connectivity index (χ3n) is 4.24. The van der Waals surface area contributed by atoms with E-state index in [4.69, 9.17) is 0 Å². The summed E-state index contributed by atoms with van der Waals surface area (Å²) in [6.07, 6.45) is 3.80. The van der Waals surface area contributed by atoms with Crippen LogP contribution in [0.4, 0.5) is 0 Å². The number of carbonyl (C=O) groups excluding carboxylic acids is 1. The van der Waals surface area contributed by atoms with Crippen LogP contribution in [0.5, 0.6) is 0 Å². The molecular weight excluding hydrogens is 294 g/mol. The molecule has 0 bridgehead atoms. The van der Waals surface area contributed by atoms with Crippen LogP contribution >= 0.6 is 11.8 Å². The minimum Gasteiger partial charge on any atom is -0.342 e. The molecular formula is C17H21N3OS. The number of carbonyl (C=O) groups is 1. The van der Waals surface area contributed by atoms with Crippen LogP contribution in [0.15, 0.2) is 35.6 Å². The van der Waals surface area contributed by atoms with Gasteiger partial charge < -0.3 is 4.90 Å². The normalized spacial score (nSPS) is 17.6. The van der Waals surface area contributed by atoms with E-state index in [1.807, 2.05) is 36.1 Å². The first-order chi connectivity index (χ1) is 10.6. The zero-order valence-electron chi connectivity index (χ0n) is 13.0. The Kier molecular flexibility index (Phi) is 4.62. The second-order valence-corrected chi connectivity index (χ2v) is 7.29. The number of benzene rings is 1. The van der Waals surface area contributed by atoms with Gasteiger partial charge in [-0.1, -0.05) is 36.9 Å². The molecule has 0 radical (unpaired) electrons. The molecule has 3 rings (SSSR count). The van der Waals surface area contributed by atoms with Crippen LogP contribution in [-0.4, -0.2) is 39.1 Å². The Morgan fingerprint density at radius 3 is 2.77 bits per heavy atom. The smallest absolute Gasteiger partial charge is 0.235 e. The average molecular weight is 315 g/mol. The van der Waals surface area contributed by atoms with E-state index in [9.17, 15) is 4.79 Å². The van der Waals surface area contributed by atoms with Crippen molar-refractivity contribution in [3.8, 4) is 0 Å². The molecule has 1 aromatic heterocycles. The van der Waals surface area contributed by atoms with Crippen LogP contribution in [-0.2, 0) is 4.79 Å². The molecule has 1 unspecified atom stereocenters. The van der Waals surface area contributed by atoms with E-state index < -0.39 is 0 Å². The molecule has 1 aromatic carbocycles. The van der Waals surface area contributed by atoms with Gasteiger partial charge in [0.25, 0.3) is 0 Å². The number of hydrogen-bond acceptors (Lipinski definition) is 4. The number of rotatable bonds is 3. The molecule has 0 saturated carbocycles. The van der Waals surface area contributed by atoms with Gasteiger partial charge in [-0.05, 0) is 31.7 Å². The minimum absolute atomic E-state index is 0.119. The fourth-order valence-electron chi connectivity index (χ4n) is 2.78. The second-order valence-electron chi connectivity index (χ2n) is 5.96. The number of hydrogen-bond donors (Lipinski definition) is 0. The molecule has 22 heavy (non-hydrogen) atoms. The molecule has 5 heteroatoms. The molecule has 116 valence electrons. The Labute approximate surface area is 135 Å². The van der Waals surface area contributed by atoms with Gasteiger partial charge in [0.15, 0.2) is 0 Å². The van der Waals surface area contributed by atoms with Crippen molar-refractivity contribution in [2.75, 3.05) is 13.1 Å². The van der Waals surface area contributed by atoms with E-state index in [1.54, 1.807) is 6.33 Å². The predicted octanol–water partition coefficient (Wildman–Crippen LogP) is 3.37. The van der Waals surface area contributed by atoms with E-state index in [0.717, 1.165) is 47.8 Å². The first kappa shape index (κ1) is 15.3. The average Bonchev–Trinajstić information content (AvgIpc) is 2.55. The zero-order valence-corrected chi connectivity index (χ0v) is 13.8. The highest BCUT2D eigenvalue weighted by Crippen LogP contribution is 2.29. The second kappa shape index (κ2) is 6.65. The summed E-state index contributed by atoms with van der Waals surface area (Å²) < 4.78 is 0. The van der Waals surface area contributed by atoms with Gasteiger partial charge in [0, 0.05) is 18.5 Å². The van der Waals surface area contributed by atoms with Crippen molar-refractivity contribution in [3.63, 3.8) is 0 Å². The summed E-state index contributed by atoms with van der Waals surface area (Å²) >= 11 is 1.53. The fraction of sp³-hybridized carbons (Fsp3) is 0.471. The molecule has 2 heterocycles. The number of para-hydroxylation sites is 1. The van der Waals surface area contributed by atoms with Crippen LogP contribution in [0, 0.1) is 5.92 Å². The SMILES string of the molecule is CC1CCN(C(=O)C(C)Sc2ncnc3ccccc23)CC1. The van der Waals surface area contributed by atoms with Crippen molar-refractivity contribution < 1.29 is 4.79 Å². The quantitative estimate of drug-likeness (QED) is 0.643. The van der Waals surface area contributed by atoms with Crippen LogP contribution < -0.4 is 0 Å². The number of thioether (sulfide) groups is 1. The number of likely N-dealkylation sites (tertiary alicyclic amines) is 1. The van der Waals surface area contributed by atoms with Crippen LogP contribution in [0.3, 0.4) is 0 Å². The van der Waals surface area contributed by atoms with Gasteiger partial charge in [0.2, 0.25) is 5.91 Å². The molecule has 1 aliphatic rings. The Bertz CT molecular complexity index is 663. The highest BCUT2D eigenvalue weighted by molar-refractivity contribution is 8.00. The summed E-state index contributed by atoms with van der Waals surface area (Å²) in [5.74, 6) is 0.956. The summed E-state index contributed by atoms with van der Waals surface area (Å²) in [7, 11) is 0. The lowest BCUT2D eigenvalue weighted by Gasteiger charge is -2.32. The third kappa shape index (κ3) is 3.24. The van der Waals surface area contributed by atoms with Gasteiger partial charge in [-0.25, -0.2) is 9.97 Å². The lowest BCUT2D eigenvalue weighted by Crippen LogP contribution is -2.41. The van der Waals surface area contributed by atoms with E-state index in [2.05, 4.69) is 16.9 Å². The Morgan fingerprint density at radius 2 is 2.00 bits per heavy atom. The largest absolute Gasteiger partial charge is 0.342 e. The summed E-state index contributed by atoms with van der Waals surface area (Å²) in [5.41, 5.74) is 0.923. The topological polar surface area (TPSA) is 46.1 Å². The summed E-state index contributed by atoms with van der Waals surface area (Å²) in [6.45, 7) is 6.00. The predicted molar refractivity (Wildman–Crippen MR) is 89.8 cm³/mol. The number of piperidine rings is 1. The molecule has 1 amide bonds. The van der Waals surface area contributed by atoms with Crippen molar-refractivity contribution in [1.82, 2.24) is 14.9 Å². The van der Waals surface area contributed by atoms with Crippen LogP contribution in [0.25, 0.3) is 10.9 Å². The number of fused-ring (bicyclic) bond motifs is 1. The standard InChI is InChI=1S/C17H21N3OS/c1-12-7-9-20(10-8-12)17(21)13(2)22-16-14-5-3-4-6-15(14)18-11-19-16/h3-6,11-13H,7-10H2,1-2H3. The molecule has 0 N–H and O–H groups in total. The monoisotopic (exact) mass is 315 g/mol. The lowest BCUT2D eigenvalue weighted by molar-refractivity contribution is -0.131. The molecule has 2 aromatic rings.